The fraction of sp³-hybridized carbons (Fsp3) is 0.391. The van der Waals surface area contributed by atoms with E-state index >= 15 is 0 Å². The number of guanidine groups is 1. The summed E-state index contributed by atoms with van der Waals surface area (Å²) >= 11 is 0. The molecule has 3 atom stereocenters. The van der Waals surface area contributed by atoms with Crippen molar-refractivity contribution in [3.05, 3.63) is 70.5 Å². The van der Waals surface area contributed by atoms with Crippen LogP contribution in [0, 0.1) is 12.7 Å². The van der Waals surface area contributed by atoms with E-state index in [2.05, 4.69) is 26.5 Å². The summed E-state index contributed by atoms with van der Waals surface area (Å²) in [6.45, 7) is 5.57. The van der Waals surface area contributed by atoms with Crippen LogP contribution in [0.4, 0.5) is 17.6 Å². The summed E-state index contributed by atoms with van der Waals surface area (Å²) < 4.78 is 52.2. The van der Waals surface area contributed by atoms with Crippen molar-refractivity contribution in [2.24, 2.45) is 4.99 Å². The Bertz CT molecular complexity index is 1010. The second-order valence-corrected chi connectivity index (χ2v) is 8.08. The van der Waals surface area contributed by atoms with Gasteiger partial charge in [0.05, 0.1) is 11.7 Å². The normalized spacial score (nSPS) is 19.9. The van der Waals surface area contributed by atoms with E-state index in [9.17, 15) is 22.4 Å². The highest BCUT2D eigenvalue weighted by atomic mass is 19.4. The summed E-state index contributed by atoms with van der Waals surface area (Å²) in [5.74, 6) is -0.761. The lowest BCUT2D eigenvalue weighted by atomic mass is 10.0. The summed E-state index contributed by atoms with van der Waals surface area (Å²) in [7, 11) is 0. The molecule has 6 nitrogen and oxygen atoms in total. The van der Waals surface area contributed by atoms with Crippen LogP contribution >= 0.6 is 0 Å². The van der Waals surface area contributed by atoms with Crippen LogP contribution in [0.3, 0.4) is 0 Å². The van der Waals surface area contributed by atoms with Crippen LogP contribution in [-0.2, 0) is 6.18 Å². The number of hydrogen-bond donors (Lipinski definition) is 4. The van der Waals surface area contributed by atoms with Crippen molar-refractivity contribution in [2.75, 3.05) is 0 Å². The van der Waals surface area contributed by atoms with Gasteiger partial charge in [0, 0.05) is 24.1 Å². The largest absolute Gasteiger partial charge is 0.416 e. The number of hydrazine groups is 1. The van der Waals surface area contributed by atoms with E-state index in [-0.39, 0.29) is 35.6 Å². The molecule has 3 unspecified atom stereocenters. The molecule has 1 fully saturated rings. The molecule has 2 aromatic carbocycles. The number of hydrogen-bond acceptors (Lipinski definition) is 3. The number of alkyl halides is 3. The molecule has 178 valence electrons. The number of aliphatic imine (C=N–C) groups is 1. The number of carbonyl (C=O) groups excluding carboxylic acids is 1. The third-order valence-electron chi connectivity index (χ3n) is 5.48. The Kier molecular flexibility index (Phi) is 7.70. The maximum absolute atomic E-state index is 13.9. The number of nitrogens with one attached hydrogen (secondary N) is 4. The molecule has 2 aromatic rings. The summed E-state index contributed by atoms with van der Waals surface area (Å²) in [4.78, 5) is 16.6. The molecule has 0 saturated carbocycles. The Labute approximate surface area is 189 Å². The lowest BCUT2D eigenvalue weighted by molar-refractivity contribution is -0.137. The lowest BCUT2D eigenvalue weighted by Gasteiger charge is -2.20. The molecule has 0 radical (unpaired) electrons. The molecule has 0 bridgehead atoms. The number of carbonyl (C=O) groups is 1. The van der Waals surface area contributed by atoms with Crippen molar-refractivity contribution >= 4 is 11.9 Å². The van der Waals surface area contributed by atoms with Gasteiger partial charge in [-0.15, -0.1) is 0 Å². The predicted octanol–water partition coefficient (Wildman–Crippen LogP) is 4.19. The molecule has 1 aliphatic rings. The highest BCUT2D eigenvalue weighted by Gasteiger charge is 2.30. The second kappa shape index (κ2) is 10.3. The summed E-state index contributed by atoms with van der Waals surface area (Å²) in [6.07, 6.45) is -3.50. The third-order valence-corrected chi connectivity index (χ3v) is 5.48. The quantitative estimate of drug-likeness (QED) is 0.303. The van der Waals surface area contributed by atoms with Crippen LogP contribution in [0.15, 0.2) is 47.5 Å². The van der Waals surface area contributed by atoms with Crippen molar-refractivity contribution < 1.29 is 22.4 Å². The zero-order valence-electron chi connectivity index (χ0n) is 18.6. The zero-order chi connectivity index (χ0) is 24.2. The van der Waals surface area contributed by atoms with Gasteiger partial charge in [0.15, 0.2) is 0 Å². The fourth-order valence-corrected chi connectivity index (χ4v) is 3.27. The van der Waals surface area contributed by atoms with Crippen LogP contribution in [0.25, 0.3) is 0 Å². The lowest BCUT2D eigenvalue weighted by Crippen LogP contribution is -2.51. The minimum Gasteiger partial charge on any atom is -0.354 e. The van der Waals surface area contributed by atoms with E-state index in [1.165, 1.54) is 6.07 Å². The monoisotopic (exact) mass is 465 g/mol. The van der Waals surface area contributed by atoms with E-state index in [1.54, 1.807) is 13.0 Å². The van der Waals surface area contributed by atoms with Gasteiger partial charge in [-0.25, -0.2) is 15.2 Å². The van der Waals surface area contributed by atoms with E-state index in [0.717, 1.165) is 36.2 Å². The Morgan fingerprint density at radius 1 is 1.18 bits per heavy atom. The Balaban J connectivity index is 1.72. The van der Waals surface area contributed by atoms with Gasteiger partial charge in [-0.2, -0.15) is 18.2 Å². The van der Waals surface area contributed by atoms with Gasteiger partial charge in [0.2, 0.25) is 5.96 Å². The number of rotatable bonds is 5. The van der Waals surface area contributed by atoms with Crippen LogP contribution in [0.5, 0.6) is 0 Å². The van der Waals surface area contributed by atoms with Crippen molar-refractivity contribution in [1.29, 1.82) is 0 Å². The second-order valence-electron chi connectivity index (χ2n) is 8.08. The SMILES string of the molecule is CCC(C)N/C(=N/C(=O)c1ccc(C(F)(F)F)cc1)NC1CC(c2ccc(C)c(F)c2)NN1. The minimum absolute atomic E-state index is 0.00647. The standard InChI is InChI=1S/C23H27F4N5O/c1-4-14(3)28-22(30-21(33)15-7-9-17(10-8-15)23(25,26)27)29-20-12-19(31-32-20)16-6-5-13(2)18(24)11-16/h5-11,14,19-20,31-32H,4,12H2,1-3H3,(H2,28,29,30,33). The number of benzene rings is 2. The predicted molar refractivity (Wildman–Crippen MR) is 118 cm³/mol. The molecule has 10 heteroatoms. The molecular formula is C23H27F4N5O. The van der Waals surface area contributed by atoms with Crippen molar-refractivity contribution in [3.8, 4) is 0 Å². The van der Waals surface area contributed by atoms with Gasteiger partial charge in [-0.3, -0.25) is 4.79 Å². The molecule has 4 N–H and O–H groups in total. The third kappa shape index (κ3) is 6.52. The van der Waals surface area contributed by atoms with E-state index in [1.807, 2.05) is 19.9 Å². The van der Waals surface area contributed by atoms with Crippen LogP contribution in [0.1, 0.15) is 59.8 Å². The molecule has 1 heterocycles. The number of amides is 1. The Hall–Kier alpha value is -2.98. The first-order valence-corrected chi connectivity index (χ1v) is 10.7. The molecule has 3 rings (SSSR count). The maximum atomic E-state index is 13.9. The highest BCUT2D eigenvalue weighted by Crippen LogP contribution is 2.29. The number of halogens is 4. The fourth-order valence-electron chi connectivity index (χ4n) is 3.27. The smallest absolute Gasteiger partial charge is 0.354 e. The topological polar surface area (TPSA) is 77.5 Å². The molecule has 0 spiro atoms. The molecular weight excluding hydrogens is 438 g/mol. The molecule has 0 aliphatic carbocycles. The van der Waals surface area contributed by atoms with Crippen molar-refractivity contribution in [3.63, 3.8) is 0 Å². The summed E-state index contributed by atoms with van der Waals surface area (Å²) in [5, 5.41) is 6.23. The van der Waals surface area contributed by atoms with Crippen LogP contribution in [-0.4, -0.2) is 24.1 Å². The molecule has 1 aliphatic heterocycles. The molecule has 33 heavy (non-hydrogen) atoms. The van der Waals surface area contributed by atoms with Gasteiger partial charge >= 0.3 is 6.18 Å². The average molecular weight is 465 g/mol. The molecule has 1 amide bonds. The average Bonchev–Trinajstić information content (AvgIpc) is 3.23. The van der Waals surface area contributed by atoms with Gasteiger partial charge in [0.1, 0.15) is 5.82 Å². The Morgan fingerprint density at radius 2 is 1.88 bits per heavy atom. The first-order valence-electron chi connectivity index (χ1n) is 10.7. The van der Waals surface area contributed by atoms with Gasteiger partial charge in [-0.1, -0.05) is 19.1 Å². The molecule has 0 aromatic heterocycles. The van der Waals surface area contributed by atoms with Crippen LogP contribution in [0.2, 0.25) is 0 Å². The first kappa shape index (κ1) is 24.7. The number of nitrogens with zero attached hydrogens (tertiary/aromatic N) is 1. The van der Waals surface area contributed by atoms with Gasteiger partial charge < -0.3 is 10.6 Å². The van der Waals surface area contributed by atoms with E-state index in [4.69, 9.17) is 0 Å². The number of aryl methyl sites for hydroxylation is 1. The van der Waals surface area contributed by atoms with E-state index < -0.39 is 17.6 Å². The molecule has 1 saturated heterocycles. The minimum atomic E-state index is -4.48. The highest BCUT2D eigenvalue weighted by molar-refractivity contribution is 6.02. The van der Waals surface area contributed by atoms with Crippen molar-refractivity contribution in [1.82, 2.24) is 21.5 Å². The van der Waals surface area contributed by atoms with Crippen molar-refractivity contribution in [2.45, 2.75) is 58.0 Å². The van der Waals surface area contributed by atoms with Crippen LogP contribution < -0.4 is 21.5 Å². The maximum Gasteiger partial charge on any atom is 0.416 e. The van der Waals surface area contributed by atoms with Gasteiger partial charge in [0.25, 0.3) is 5.91 Å². The summed E-state index contributed by atoms with van der Waals surface area (Å²) in [6, 6.07) is 8.80. The zero-order valence-corrected chi connectivity index (χ0v) is 18.6. The Morgan fingerprint density at radius 3 is 2.48 bits per heavy atom. The summed E-state index contributed by atoms with van der Waals surface area (Å²) in [5.41, 5.74) is 6.70. The van der Waals surface area contributed by atoms with Gasteiger partial charge in [-0.05, 0) is 61.7 Å². The van der Waals surface area contributed by atoms with E-state index in [0.29, 0.717) is 12.0 Å². The first-order chi connectivity index (χ1) is 15.6.